The van der Waals surface area contributed by atoms with Crippen LogP contribution >= 0.6 is 10.7 Å². The van der Waals surface area contributed by atoms with Gasteiger partial charge in [-0.15, -0.1) is 0 Å². The van der Waals surface area contributed by atoms with Gasteiger partial charge in [-0.2, -0.15) is 10.2 Å². The molecule has 0 aliphatic heterocycles. The first-order valence-electron chi connectivity index (χ1n) is 6.76. The summed E-state index contributed by atoms with van der Waals surface area (Å²) in [6, 6.07) is 2.25. The quantitative estimate of drug-likeness (QED) is 0.790. The van der Waals surface area contributed by atoms with Crippen LogP contribution in [0.2, 0.25) is 0 Å². The van der Waals surface area contributed by atoms with Crippen molar-refractivity contribution in [2.45, 2.75) is 51.6 Å². The molecule has 0 N–H and O–H groups in total. The lowest BCUT2D eigenvalue weighted by Crippen LogP contribution is -2.08. The van der Waals surface area contributed by atoms with Gasteiger partial charge in [-0.3, -0.25) is 9.36 Å². The molecule has 2 heterocycles. The van der Waals surface area contributed by atoms with Gasteiger partial charge in [0.15, 0.2) is 0 Å². The van der Waals surface area contributed by atoms with E-state index >= 15 is 0 Å². The molecule has 0 aliphatic carbocycles. The molecule has 0 radical (unpaired) electrons. The molecule has 0 saturated heterocycles. The standard InChI is InChI=1S/C13H19ClN4O2S/c1-5-9(2)17-7-6-12(16-17)8-18-11(4)13(10(3)15-18)21(14,19)20/h6-7,9H,5,8H2,1-4H3. The molecule has 116 valence electrons. The zero-order chi connectivity index (χ0) is 15.8. The molecule has 1 unspecified atom stereocenters. The molecule has 0 aromatic carbocycles. The monoisotopic (exact) mass is 330 g/mol. The highest BCUT2D eigenvalue weighted by Crippen LogP contribution is 2.23. The van der Waals surface area contributed by atoms with Gasteiger partial charge in [0.05, 0.1) is 23.6 Å². The van der Waals surface area contributed by atoms with Gasteiger partial charge in [0.1, 0.15) is 4.90 Å². The topological polar surface area (TPSA) is 69.8 Å². The number of halogens is 1. The highest BCUT2D eigenvalue weighted by Gasteiger charge is 2.22. The molecule has 0 aliphatic rings. The van der Waals surface area contributed by atoms with Crippen molar-refractivity contribution >= 4 is 19.7 Å². The first kappa shape index (κ1) is 16.0. The fourth-order valence-electron chi connectivity index (χ4n) is 2.24. The van der Waals surface area contributed by atoms with E-state index < -0.39 is 9.05 Å². The Labute approximate surface area is 129 Å². The Bertz CT molecular complexity index is 748. The zero-order valence-corrected chi connectivity index (χ0v) is 14.1. The van der Waals surface area contributed by atoms with Crippen molar-refractivity contribution in [3.8, 4) is 0 Å². The summed E-state index contributed by atoms with van der Waals surface area (Å²) in [5, 5.41) is 8.74. The first-order chi connectivity index (χ1) is 9.74. The first-order valence-corrected chi connectivity index (χ1v) is 9.07. The maximum absolute atomic E-state index is 11.6. The molecule has 2 rings (SSSR count). The summed E-state index contributed by atoms with van der Waals surface area (Å²) >= 11 is 0. The average Bonchev–Trinajstić information content (AvgIpc) is 2.94. The summed E-state index contributed by atoms with van der Waals surface area (Å²) in [6.45, 7) is 7.95. The molecule has 0 fully saturated rings. The van der Waals surface area contributed by atoms with E-state index in [1.165, 1.54) is 0 Å². The minimum absolute atomic E-state index is 0.0884. The van der Waals surface area contributed by atoms with Crippen molar-refractivity contribution in [2.24, 2.45) is 0 Å². The fraction of sp³-hybridized carbons (Fsp3) is 0.538. The maximum atomic E-state index is 11.6. The number of rotatable bonds is 5. The van der Waals surface area contributed by atoms with Crippen LogP contribution in [0.25, 0.3) is 0 Å². The van der Waals surface area contributed by atoms with Crippen molar-refractivity contribution in [1.29, 1.82) is 0 Å². The van der Waals surface area contributed by atoms with Gasteiger partial charge in [-0.05, 0) is 33.3 Å². The van der Waals surface area contributed by atoms with E-state index in [1.807, 2.05) is 16.9 Å². The van der Waals surface area contributed by atoms with Crippen LogP contribution in [-0.2, 0) is 15.6 Å². The van der Waals surface area contributed by atoms with Gasteiger partial charge in [0.25, 0.3) is 9.05 Å². The predicted octanol–water partition coefficient (Wildman–Crippen LogP) is 2.64. The van der Waals surface area contributed by atoms with Crippen molar-refractivity contribution in [3.05, 3.63) is 29.3 Å². The molecule has 0 spiro atoms. The Morgan fingerprint density at radius 2 is 2.00 bits per heavy atom. The van der Waals surface area contributed by atoms with Crippen LogP contribution in [0, 0.1) is 13.8 Å². The number of hydrogen-bond donors (Lipinski definition) is 0. The summed E-state index contributed by atoms with van der Waals surface area (Å²) in [6.07, 6.45) is 2.92. The van der Waals surface area contributed by atoms with Crippen LogP contribution in [0.4, 0.5) is 0 Å². The van der Waals surface area contributed by atoms with Gasteiger partial charge >= 0.3 is 0 Å². The summed E-state index contributed by atoms with van der Waals surface area (Å²) in [5.41, 5.74) is 1.77. The zero-order valence-electron chi connectivity index (χ0n) is 12.5. The minimum Gasteiger partial charge on any atom is -0.270 e. The van der Waals surface area contributed by atoms with E-state index in [0.29, 0.717) is 24.0 Å². The van der Waals surface area contributed by atoms with E-state index in [0.717, 1.165) is 12.1 Å². The molecule has 2 aromatic rings. The van der Waals surface area contributed by atoms with E-state index in [4.69, 9.17) is 10.7 Å². The van der Waals surface area contributed by atoms with Gasteiger partial charge in [0.2, 0.25) is 0 Å². The smallest absolute Gasteiger partial charge is 0.264 e. The minimum atomic E-state index is -3.78. The van der Waals surface area contributed by atoms with Gasteiger partial charge in [0, 0.05) is 22.9 Å². The van der Waals surface area contributed by atoms with Crippen LogP contribution < -0.4 is 0 Å². The number of aromatic nitrogens is 4. The van der Waals surface area contributed by atoms with Crippen LogP contribution in [0.1, 0.15) is 43.4 Å². The molecule has 0 amide bonds. The third-order valence-electron chi connectivity index (χ3n) is 3.58. The third-order valence-corrected chi connectivity index (χ3v) is 5.12. The molecule has 0 saturated carbocycles. The molecule has 6 nitrogen and oxygen atoms in total. The van der Waals surface area contributed by atoms with E-state index in [9.17, 15) is 8.42 Å². The lowest BCUT2D eigenvalue weighted by atomic mass is 10.3. The summed E-state index contributed by atoms with van der Waals surface area (Å²) in [7, 11) is 1.66. The maximum Gasteiger partial charge on any atom is 0.264 e. The Hall–Kier alpha value is -1.34. The van der Waals surface area contributed by atoms with Gasteiger partial charge in [-0.25, -0.2) is 8.42 Å². The molecule has 8 heteroatoms. The van der Waals surface area contributed by atoms with Crippen LogP contribution in [0.3, 0.4) is 0 Å². The molecular formula is C13H19ClN4O2S. The molecule has 0 bridgehead atoms. The van der Waals surface area contributed by atoms with Crippen LogP contribution in [0.5, 0.6) is 0 Å². The highest BCUT2D eigenvalue weighted by molar-refractivity contribution is 8.13. The predicted molar refractivity (Wildman–Crippen MR) is 81.1 cm³/mol. The highest BCUT2D eigenvalue weighted by atomic mass is 35.7. The number of aryl methyl sites for hydroxylation is 1. The van der Waals surface area contributed by atoms with Gasteiger partial charge < -0.3 is 0 Å². The summed E-state index contributed by atoms with van der Waals surface area (Å²) in [5.74, 6) is 0. The second kappa shape index (κ2) is 5.81. The van der Waals surface area contributed by atoms with Crippen LogP contribution in [-0.4, -0.2) is 28.0 Å². The fourth-order valence-corrected chi connectivity index (χ4v) is 3.76. The van der Waals surface area contributed by atoms with Gasteiger partial charge in [-0.1, -0.05) is 6.92 Å². The molecule has 1 atom stereocenters. The Kier molecular flexibility index (Phi) is 4.43. The summed E-state index contributed by atoms with van der Waals surface area (Å²) in [4.78, 5) is 0.0884. The molecular weight excluding hydrogens is 312 g/mol. The summed E-state index contributed by atoms with van der Waals surface area (Å²) < 4.78 is 26.7. The normalized spacial score (nSPS) is 13.6. The van der Waals surface area contributed by atoms with Crippen molar-refractivity contribution < 1.29 is 8.42 Å². The SMILES string of the molecule is CCC(C)n1ccc(Cn2nc(C)c(S(=O)(=O)Cl)c2C)n1. The average molecular weight is 331 g/mol. The van der Waals surface area contributed by atoms with E-state index in [2.05, 4.69) is 24.0 Å². The lowest BCUT2D eigenvalue weighted by molar-refractivity contribution is 0.470. The number of hydrogen-bond acceptors (Lipinski definition) is 4. The van der Waals surface area contributed by atoms with Crippen LogP contribution in [0.15, 0.2) is 17.2 Å². The van der Waals surface area contributed by atoms with Crippen molar-refractivity contribution in [3.63, 3.8) is 0 Å². The third kappa shape index (κ3) is 3.29. The Balaban J connectivity index is 2.31. The van der Waals surface area contributed by atoms with E-state index in [-0.39, 0.29) is 4.90 Å². The van der Waals surface area contributed by atoms with Crippen molar-refractivity contribution in [2.75, 3.05) is 0 Å². The lowest BCUT2D eigenvalue weighted by Gasteiger charge is -2.08. The molecule has 21 heavy (non-hydrogen) atoms. The number of nitrogens with zero attached hydrogens (tertiary/aromatic N) is 4. The Morgan fingerprint density at radius 3 is 2.52 bits per heavy atom. The molecule has 2 aromatic heterocycles. The largest absolute Gasteiger partial charge is 0.270 e. The second-order valence-electron chi connectivity index (χ2n) is 5.14. The Morgan fingerprint density at radius 1 is 1.33 bits per heavy atom. The van der Waals surface area contributed by atoms with Crippen molar-refractivity contribution in [1.82, 2.24) is 19.6 Å². The second-order valence-corrected chi connectivity index (χ2v) is 7.64. The van der Waals surface area contributed by atoms with E-state index in [1.54, 1.807) is 18.5 Å².